The van der Waals surface area contributed by atoms with Gasteiger partial charge in [-0.15, -0.1) is 0 Å². The van der Waals surface area contributed by atoms with Crippen molar-refractivity contribution in [3.63, 3.8) is 0 Å². The zero-order chi connectivity index (χ0) is 2.71. The van der Waals surface area contributed by atoms with Crippen molar-refractivity contribution < 1.29 is 7.67 Å². The minimum atomic E-state index is -1.62. The molecule has 0 aliphatic carbocycles. The number of hydrogen-bond acceptors (Lipinski definition) is 2. The quantitative estimate of drug-likeness (QED) is 0.537. The summed E-state index contributed by atoms with van der Waals surface area (Å²) in [6.45, 7) is 0. The van der Waals surface area contributed by atoms with E-state index in [1.807, 2.05) is 0 Å². The van der Waals surface area contributed by atoms with Gasteiger partial charge in [-0.05, 0) is 0 Å². The Hall–Kier alpha value is 1.00. The fourth-order valence-corrected chi connectivity index (χ4v) is 0. The Bertz CT molecular complexity index is 27.0. The first kappa shape index (κ1) is 8.89. The summed E-state index contributed by atoms with van der Waals surface area (Å²) in [6, 6.07) is 0. The van der Waals surface area contributed by atoms with Crippen molar-refractivity contribution in [3.8, 4) is 0 Å². The molecule has 0 saturated carbocycles. The summed E-state index contributed by atoms with van der Waals surface area (Å²) in [7, 11) is 0. The van der Waals surface area contributed by atoms with Crippen LogP contribution in [0, 0.1) is 0 Å². The Morgan fingerprint density at radius 2 is 1.25 bits per heavy atom. The van der Waals surface area contributed by atoms with Gasteiger partial charge in [0.1, 0.15) is 0 Å². The van der Waals surface area contributed by atoms with Crippen LogP contribution in [-0.4, -0.2) is 41.0 Å². The van der Waals surface area contributed by atoms with Crippen molar-refractivity contribution in [2.24, 2.45) is 0 Å². The third-order valence-electron chi connectivity index (χ3n) is 0. The molecule has 0 heterocycles. The predicted octanol–water partition coefficient (Wildman–Crippen LogP) is -0.999. The summed E-state index contributed by atoms with van der Waals surface area (Å²) in [6.07, 6.45) is 0. The molecule has 0 spiro atoms. The molecule has 0 aliphatic rings. The van der Waals surface area contributed by atoms with Crippen molar-refractivity contribution in [2.45, 2.75) is 0 Å². The fourth-order valence-electron chi connectivity index (χ4n) is 0. The van der Waals surface area contributed by atoms with E-state index in [0.717, 1.165) is 0 Å². The van der Waals surface area contributed by atoms with Crippen LogP contribution in [0.1, 0.15) is 0 Å². The SMILES string of the molecule is O=[Se]=O.[Bi]. The van der Waals surface area contributed by atoms with Crippen molar-refractivity contribution >= 4 is 41.0 Å². The van der Waals surface area contributed by atoms with E-state index in [9.17, 15) is 0 Å². The summed E-state index contributed by atoms with van der Waals surface area (Å²) in [5.74, 6) is 0. The Balaban J connectivity index is 0. The fraction of sp³-hybridized carbons (Fsp3) is 0. The first-order chi connectivity index (χ1) is 1.41. The van der Waals surface area contributed by atoms with Crippen LogP contribution in [0.25, 0.3) is 0 Å². The topological polar surface area (TPSA) is 34.1 Å². The van der Waals surface area contributed by atoms with Crippen LogP contribution in [0.2, 0.25) is 0 Å². The molecule has 0 amide bonds. The van der Waals surface area contributed by atoms with E-state index in [1.165, 1.54) is 0 Å². The Morgan fingerprint density at radius 3 is 1.25 bits per heavy atom. The summed E-state index contributed by atoms with van der Waals surface area (Å²) in [5, 5.41) is 0. The summed E-state index contributed by atoms with van der Waals surface area (Å²) in [4.78, 5) is 0. The van der Waals surface area contributed by atoms with Gasteiger partial charge in [0.15, 0.2) is 0 Å². The van der Waals surface area contributed by atoms with Gasteiger partial charge in [-0.1, -0.05) is 0 Å². The van der Waals surface area contributed by atoms with Crippen LogP contribution in [0.4, 0.5) is 0 Å². The van der Waals surface area contributed by atoms with E-state index >= 15 is 0 Å². The molecule has 0 rings (SSSR count). The van der Waals surface area contributed by atoms with Crippen LogP contribution in [0.5, 0.6) is 0 Å². The second-order valence-corrected chi connectivity index (χ2v) is 0.354. The van der Waals surface area contributed by atoms with Gasteiger partial charge < -0.3 is 0 Å². The van der Waals surface area contributed by atoms with E-state index in [0.29, 0.717) is 0 Å². The van der Waals surface area contributed by atoms with Crippen LogP contribution in [-0.2, 0) is 7.67 Å². The molecular weight excluding hydrogens is 320 g/mol. The van der Waals surface area contributed by atoms with Crippen LogP contribution in [0.15, 0.2) is 0 Å². The molecule has 0 aromatic rings. The average Bonchev–Trinajstić information content (AvgIpc) is 0.918. The van der Waals surface area contributed by atoms with Gasteiger partial charge in [0.2, 0.25) is 0 Å². The molecule has 0 unspecified atom stereocenters. The maximum Gasteiger partial charge on any atom is 0 e. The van der Waals surface area contributed by atoms with Gasteiger partial charge in [-0.2, -0.15) is 0 Å². The maximum atomic E-state index is 8.44. The molecule has 0 aliphatic heterocycles. The van der Waals surface area contributed by atoms with Crippen molar-refractivity contribution in [3.05, 3.63) is 0 Å². The molecular formula is BiO2Se. The summed E-state index contributed by atoms with van der Waals surface area (Å²) < 4.78 is 16.9. The van der Waals surface area contributed by atoms with E-state index < -0.39 is 14.8 Å². The minimum absolute atomic E-state index is 0. The average molecular weight is 320 g/mol. The van der Waals surface area contributed by atoms with E-state index in [1.54, 1.807) is 0 Å². The van der Waals surface area contributed by atoms with Gasteiger partial charge in [0.05, 0.1) is 0 Å². The van der Waals surface area contributed by atoms with Crippen LogP contribution < -0.4 is 0 Å². The van der Waals surface area contributed by atoms with Crippen LogP contribution >= 0.6 is 0 Å². The Morgan fingerprint density at radius 1 is 1.25 bits per heavy atom. The molecule has 23 valence electrons. The zero-order valence-electron chi connectivity index (χ0n) is 1.67. The second kappa shape index (κ2) is 9.00. The number of rotatable bonds is 0. The van der Waals surface area contributed by atoms with Gasteiger partial charge in [0, 0.05) is 26.2 Å². The molecule has 4 heteroatoms. The van der Waals surface area contributed by atoms with Gasteiger partial charge >= 0.3 is 22.5 Å². The van der Waals surface area contributed by atoms with Crippen molar-refractivity contribution in [2.75, 3.05) is 0 Å². The largest absolute Gasteiger partial charge is 0 e. The first-order valence-corrected chi connectivity index (χ1v) is 1.73. The standard InChI is InChI=1S/Bi.O2Se/c;1-3-2. The molecule has 0 aromatic heterocycles. The van der Waals surface area contributed by atoms with Crippen molar-refractivity contribution in [1.29, 1.82) is 0 Å². The third kappa shape index (κ3) is 12.0. The monoisotopic (exact) mass is 321 g/mol. The predicted molar refractivity (Wildman–Crippen MR) is 12.9 cm³/mol. The molecule has 0 N–H and O–H groups in total. The molecule has 2 nitrogen and oxygen atoms in total. The van der Waals surface area contributed by atoms with E-state index in [4.69, 9.17) is 7.67 Å². The maximum absolute atomic E-state index is 8.44. The third-order valence-corrected chi connectivity index (χ3v) is 0. The van der Waals surface area contributed by atoms with Crippen LogP contribution in [0.3, 0.4) is 0 Å². The van der Waals surface area contributed by atoms with Gasteiger partial charge in [-0.3, -0.25) is 0 Å². The molecule has 0 saturated heterocycles. The first-order valence-electron chi connectivity index (χ1n) is 0.333. The molecule has 0 bridgehead atoms. The van der Waals surface area contributed by atoms with E-state index in [-0.39, 0.29) is 26.2 Å². The second-order valence-electron chi connectivity index (χ2n) is 0.0680. The summed E-state index contributed by atoms with van der Waals surface area (Å²) in [5.41, 5.74) is 0. The normalized spacial score (nSPS) is 3.00. The summed E-state index contributed by atoms with van der Waals surface area (Å²) >= 11 is -1.62. The minimum Gasteiger partial charge on any atom is 0 e. The smallest absolute Gasteiger partial charge is 0 e. The molecule has 0 fully saturated rings. The van der Waals surface area contributed by atoms with E-state index in [2.05, 4.69) is 0 Å². The molecule has 3 radical (unpaired) electrons. The molecule has 4 heavy (non-hydrogen) atoms. The molecule has 0 atom stereocenters. The zero-order valence-corrected chi connectivity index (χ0v) is 6.86. The van der Waals surface area contributed by atoms with Gasteiger partial charge in [0.25, 0.3) is 0 Å². The molecule has 0 aromatic carbocycles. The Labute approximate surface area is 48.6 Å². The van der Waals surface area contributed by atoms with Crippen molar-refractivity contribution in [1.82, 2.24) is 0 Å². The van der Waals surface area contributed by atoms with Gasteiger partial charge in [-0.25, -0.2) is 0 Å². The Kier molecular flexibility index (Phi) is 20.0. The number of hydrogen-bond donors (Lipinski definition) is 0.